The van der Waals surface area contributed by atoms with E-state index in [2.05, 4.69) is 30.4 Å². The fraction of sp³-hybridized carbons (Fsp3) is 0.217. The van der Waals surface area contributed by atoms with Gasteiger partial charge in [0.2, 0.25) is 0 Å². The van der Waals surface area contributed by atoms with Crippen LogP contribution in [0.1, 0.15) is 22.6 Å². The van der Waals surface area contributed by atoms with E-state index in [9.17, 15) is 4.91 Å². The second-order valence-electron chi connectivity index (χ2n) is 7.21. The summed E-state index contributed by atoms with van der Waals surface area (Å²) in [5, 5.41) is 11.6. The van der Waals surface area contributed by atoms with E-state index in [1.54, 1.807) is 17.1 Å². The number of hydrogen-bond donors (Lipinski definition) is 0. The summed E-state index contributed by atoms with van der Waals surface area (Å²) in [6, 6.07) is 19.8. The Morgan fingerprint density at radius 3 is 2.03 bits per heavy atom. The number of aromatic nitrogens is 5. The van der Waals surface area contributed by atoms with Crippen LogP contribution in [0.5, 0.6) is 0 Å². The first-order chi connectivity index (χ1) is 15.3. The molecular weight excluding hydrogens is 390 g/mol. The zero-order chi connectivity index (χ0) is 21.3. The highest BCUT2D eigenvalue weighted by atomic mass is 16.3. The van der Waals surface area contributed by atoms with Crippen LogP contribution in [0.4, 0.5) is 0 Å². The monoisotopic (exact) mass is 413 g/mol. The predicted octanol–water partition coefficient (Wildman–Crippen LogP) is 3.57. The number of benzene rings is 1. The van der Waals surface area contributed by atoms with Crippen molar-refractivity contribution in [2.75, 3.05) is 6.54 Å². The molecule has 156 valence electrons. The van der Waals surface area contributed by atoms with Crippen LogP contribution >= 0.6 is 0 Å². The fourth-order valence-corrected chi connectivity index (χ4v) is 3.33. The van der Waals surface area contributed by atoms with Gasteiger partial charge in [-0.3, -0.25) is 14.9 Å². The third-order valence-electron chi connectivity index (χ3n) is 4.84. The van der Waals surface area contributed by atoms with Crippen molar-refractivity contribution in [3.63, 3.8) is 0 Å². The van der Waals surface area contributed by atoms with Gasteiger partial charge in [-0.15, -0.1) is 5.10 Å². The molecule has 0 fully saturated rings. The molecule has 8 nitrogen and oxygen atoms in total. The van der Waals surface area contributed by atoms with Crippen molar-refractivity contribution in [3.05, 3.63) is 107 Å². The van der Waals surface area contributed by atoms with E-state index in [1.807, 2.05) is 66.9 Å². The summed E-state index contributed by atoms with van der Waals surface area (Å²) < 4.78 is 1.76. The molecule has 0 N–H and O–H groups in total. The first-order valence-electron chi connectivity index (χ1n) is 10.1. The highest BCUT2D eigenvalue weighted by Crippen LogP contribution is 2.13. The summed E-state index contributed by atoms with van der Waals surface area (Å²) in [5.74, 6) is 0. The average molecular weight is 413 g/mol. The third kappa shape index (κ3) is 5.86. The normalized spacial score (nSPS) is 11.0. The standard InChI is InChI=1S/C23H23N7O/c31-26-14-11-19-7-9-23(10-8-19)30-18-22(27-28-30)17-29(15-20-5-1-3-12-24-20)16-21-6-2-4-13-25-21/h1-10,12-13,18H,11,14-17H2. The Morgan fingerprint density at radius 1 is 0.806 bits per heavy atom. The molecule has 4 rings (SSSR count). The maximum atomic E-state index is 10.3. The summed E-state index contributed by atoms with van der Waals surface area (Å²) in [5.41, 5.74) is 4.83. The predicted molar refractivity (Wildman–Crippen MR) is 117 cm³/mol. The summed E-state index contributed by atoms with van der Waals surface area (Å²) in [6.45, 7) is 2.28. The minimum atomic E-state index is 0.287. The molecule has 8 heteroatoms. The lowest BCUT2D eigenvalue weighted by Crippen LogP contribution is -2.23. The number of nitroso groups, excluding NO2 is 1. The molecule has 1 aromatic carbocycles. The zero-order valence-electron chi connectivity index (χ0n) is 17.1. The molecule has 0 saturated carbocycles. The first kappa shape index (κ1) is 20.5. The fourth-order valence-electron chi connectivity index (χ4n) is 3.33. The highest BCUT2D eigenvalue weighted by Gasteiger charge is 2.13. The van der Waals surface area contributed by atoms with Crippen LogP contribution < -0.4 is 0 Å². The molecule has 0 amide bonds. The van der Waals surface area contributed by atoms with E-state index in [-0.39, 0.29) is 6.54 Å². The van der Waals surface area contributed by atoms with E-state index in [4.69, 9.17) is 0 Å². The van der Waals surface area contributed by atoms with E-state index in [1.165, 1.54) is 0 Å². The second-order valence-corrected chi connectivity index (χ2v) is 7.21. The number of pyridine rings is 2. The minimum absolute atomic E-state index is 0.287. The van der Waals surface area contributed by atoms with Crippen molar-refractivity contribution in [2.24, 2.45) is 5.18 Å². The zero-order valence-corrected chi connectivity index (χ0v) is 17.1. The largest absolute Gasteiger partial charge is 0.286 e. The van der Waals surface area contributed by atoms with Gasteiger partial charge >= 0.3 is 0 Å². The summed E-state index contributed by atoms with van der Waals surface area (Å²) in [4.78, 5) is 21.5. The van der Waals surface area contributed by atoms with Crippen LogP contribution in [0.2, 0.25) is 0 Å². The Morgan fingerprint density at radius 2 is 1.45 bits per heavy atom. The van der Waals surface area contributed by atoms with E-state index in [0.29, 0.717) is 26.1 Å². The van der Waals surface area contributed by atoms with Crippen molar-refractivity contribution >= 4 is 0 Å². The summed E-state index contributed by atoms with van der Waals surface area (Å²) >= 11 is 0. The smallest absolute Gasteiger partial charge is 0.0972 e. The molecule has 4 aromatic rings. The van der Waals surface area contributed by atoms with Crippen LogP contribution in [0, 0.1) is 4.91 Å². The number of nitrogens with zero attached hydrogens (tertiary/aromatic N) is 7. The van der Waals surface area contributed by atoms with Crippen LogP contribution in [0.15, 0.2) is 84.4 Å². The number of rotatable bonds is 10. The SMILES string of the molecule is O=NCCc1ccc(-n2cc(CN(Cc3ccccn3)Cc3ccccn3)nn2)cc1. The van der Waals surface area contributed by atoms with Gasteiger partial charge in [0.25, 0.3) is 0 Å². The van der Waals surface area contributed by atoms with Gasteiger partial charge in [-0.25, -0.2) is 4.68 Å². The van der Waals surface area contributed by atoms with Gasteiger partial charge in [0.1, 0.15) is 0 Å². The van der Waals surface area contributed by atoms with Crippen molar-refractivity contribution in [1.82, 2.24) is 29.9 Å². The topological polar surface area (TPSA) is 89.2 Å². The molecular formula is C23H23N7O. The maximum absolute atomic E-state index is 10.3. The summed E-state index contributed by atoms with van der Waals surface area (Å²) in [6.07, 6.45) is 6.19. The van der Waals surface area contributed by atoms with Crippen molar-refractivity contribution in [3.8, 4) is 5.69 Å². The molecule has 0 unspecified atom stereocenters. The Balaban J connectivity index is 1.47. The van der Waals surface area contributed by atoms with Gasteiger partial charge < -0.3 is 0 Å². The Labute approximate surface area is 180 Å². The Hall–Kier alpha value is -3.78. The third-order valence-corrected chi connectivity index (χ3v) is 4.84. The van der Waals surface area contributed by atoms with Gasteiger partial charge in [0, 0.05) is 32.0 Å². The molecule has 0 radical (unpaired) electrons. The molecule has 3 aromatic heterocycles. The molecule has 0 aliphatic carbocycles. The average Bonchev–Trinajstić information content (AvgIpc) is 3.28. The van der Waals surface area contributed by atoms with Crippen LogP contribution in [-0.2, 0) is 26.1 Å². The maximum Gasteiger partial charge on any atom is 0.0972 e. The van der Waals surface area contributed by atoms with E-state index < -0.39 is 0 Å². The van der Waals surface area contributed by atoms with Crippen LogP contribution in [0.3, 0.4) is 0 Å². The Kier molecular flexibility index (Phi) is 6.81. The molecule has 0 atom stereocenters. The van der Waals surface area contributed by atoms with Crippen molar-refractivity contribution in [2.45, 2.75) is 26.1 Å². The molecule has 0 saturated heterocycles. The van der Waals surface area contributed by atoms with E-state index in [0.717, 1.165) is 28.3 Å². The molecule has 0 aliphatic rings. The lowest BCUT2D eigenvalue weighted by molar-refractivity contribution is 0.238. The van der Waals surface area contributed by atoms with Gasteiger partial charge in [-0.2, -0.15) is 4.91 Å². The molecule has 0 bridgehead atoms. The molecule has 3 heterocycles. The lowest BCUT2D eigenvalue weighted by atomic mass is 10.1. The molecule has 31 heavy (non-hydrogen) atoms. The Bertz CT molecular complexity index is 1040. The lowest BCUT2D eigenvalue weighted by Gasteiger charge is -2.20. The van der Waals surface area contributed by atoms with Gasteiger partial charge in [-0.1, -0.05) is 34.7 Å². The van der Waals surface area contributed by atoms with Crippen LogP contribution in [0.25, 0.3) is 5.69 Å². The number of hydrogen-bond acceptors (Lipinski definition) is 7. The second kappa shape index (κ2) is 10.3. The van der Waals surface area contributed by atoms with Crippen molar-refractivity contribution < 1.29 is 0 Å². The van der Waals surface area contributed by atoms with Crippen LogP contribution in [-0.4, -0.2) is 36.4 Å². The van der Waals surface area contributed by atoms with Crippen molar-refractivity contribution in [1.29, 1.82) is 0 Å². The first-order valence-corrected chi connectivity index (χ1v) is 10.1. The van der Waals surface area contributed by atoms with Gasteiger partial charge in [-0.05, 0) is 48.4 Å². The van der Waals surface area contributed by atoms with Gasteiger partial charge in [0.15, 0.2) is 0 Å². The van der Waals surface area contributed by atoms with Gasteiger partial charge in [0.05, 0.1) is 35.5 Å². The van der Waals surface area contributed by atoms with E-state index >= 15 is 0 Å². The molecule has 0 spiro atoms. The quantitative estimate of drug-likeness (QED) is 0.369. The minimum Gasteiger partial charge on any atom is -0.286 e. The highest BCUT2D eigenvalue weighted by molar-refractivity contribution is 5.34. The molecule has 0 aliphatic heterocycles. The summed E-state index contributed by atoms with van der Waals surface area (Å²) in [7, 11) is 0.